The first-order valence-corrected chi connectivity index (χ1v) is 7.35. The Morgan fingerprint density at radius 1 is 1.20 bits per heavy atom. The summed E-state index contributed by atoms with van der Waals surface area (Å²) in [5.74, 6) is -0.236. The minimum atomic E-state index is -0.365. The van der Waals surface area contributed by atoms with E-state index in [0.717, 1.165) is 19.3 Å². The molecular formula is C14H27NO5. The van der Waals surface area contributed by atoms with E-state index < -0.39 is 0 Å². The SMILES string of the molecule is CCOC(=O)C(COCCOCCCOC)NC1CC1. The second-order valence-corrected chi connectivity index (χ2v) is 4.78. The molecule has 0 bridgehead atoms. The molecule has 1 fully saturated rings. The van der Waals surface area contributed by atoms with Gasteiger partial charge < -0.3 is 18.9 Å². The van der Waals surface area contributed by atoms with Gasteiger partial charge in [-0.2, -0.15) is 0 Å². The highest BCUT2D eigenvalue weighted by molar-refractivity contribution is 5.76. The molecule has 0 spiro atoms. The number of ether oxygens (including phenoxy) is 4. The lowest BCUT2D eigenvalue weighted by atomic mass is 10.3. The Morgan fingerprint density at radius 3 is 2.60 bits per heavy atom. The van der Waals surface area contributed by atoms with E-state index in [1.54, 1.807) is 14.0 Å². The Hall–Kier alpha value is -0.690. The fourth-order valence-corrected chi connectivity index (χ4v) is 1.69. The van der Waals surface area contributed by atoms with Gasteiger partial charge in [0.2, 0.25) is 0 Å². The lowest BCUT2D eigenvalue weighted by molar-refractivity contribution is -0.147. The fraction of sp³-hybridized carbons (Fsp3) is 0.929. The molecular weight excluding hydrogens is 262 g/mol. The summed E-state index contributed by atoms with van der Waals surface area (Å²) in [6.45, 7) is 4.91. The average molecular weight is 289 g/mol. The summed E-state index contributed by atoms with van der Waals surface area (Å²) in [6, 6.07) is 0.0780. The Bertz CT molecular complexity index is 258. The Labute approximate surface area is 121 Å². The zero-order chi connectivity index (χ0) is 14.6. The maximum atomic E-state index is 11.7. The van der Waals surface area contributed by atoms with Crippen molar-refractivity contribution in [3.05, 3.63) is 0 Å². The highest BCUT2D eigenvalue weighted by Crippen LogP contribution is 2.19. The molecule has 118 valence electrons. The molecule has 1 rings (SSSR count). The topological polar surface area (TPSA) is 66.0 Å². The van der Waals surface area contributed by atoms with Crippen molar-refractivity contribution in [1.29, 1.82) is 0 Å². The van der Waals surface area contributed by atoms with Crippen molar-refractivity contribution >= 4 is 5.97 Å². The number of rotatable bonds is 13. The summed E-state index contributed by atoms with van der Waals surface area (Å²) in [6.07, 6.45) is 3.13. The van der Waals surface area contributed by atoms with Crippen LogP contribution >= 0.6 is 0 Å². The van der Waals surface area contributed by atoms with Crippen LogP contribution in [0.25, 0.3) is 0 Å². The maximum absolute atomic E-state index is 11.7. The molecule has 1 aliphatic carbocycles. The van der Waals surface area contributed by atoms with Crippen LogP contribution in [-0.2, 0) is 23.7 Å². The number of hydrogen-bond acceptors (Lipinski definition) is 6. The molecule has 1 N–H and O–H groups in total. The van der Waals surface area contributed by atoms with Crippen LogP contribution in [0.4, 0.5) is 0 Å². The third kappa shape index (κ3) is 8.47. The molecule has 0 aromatic carbocycles. The summed E-state index contributed by atoms with van der Waals surface area (Å²) in [5, 5.41) is 3.24. The quantitative estimate of drug-likeness (QED) is 0.398. The van der Waals surface area contributed by atoms with Gasteiger partial charge in [0.25, 0.3) is 0 Å². The Morgan fingerprint density at radius 2 is 1.95 bits per heavy atom. The zero-order valence-electron chi connectivity index (χ0n) is 12.6. The molecule has 6 nitrogen and oxygen atoms in total. The van der Waals surface area contributed by atoms with E-state index in [4.69, 9.17) is 18.9 Å². The van der Waals surface area contributed by atoms with Gasteiger partial charge in [-0.1, -0.05) is 0 Å². The predicted molar refractivity (Wildman–Crippen MR) is 74.7 cm³/mol. The number of carbonyl (C=O) groups is 1. The minimum absolute atomic E-state index is 0.236. The molecule has 0 aromatic heterocycles. The van der Waals surface area contributed by atoms with E-state index in [0.29, 0.717) is 45.7 Å². The fourth-order valence-electron chi connectivity index (χ4n) is 1.69. The van der Waals surface area contributed by atoms with Crippen LogP contribution in [0, 0.1) is 0 Å². The van der Waals surface area contributed by atoms with Crippen LogP contribution in [0.15, 0.2) is 0 Å². The third-order valence-corrected chi connectivity index (χ3v) is 2.88. The third-order valence-electron chi connectivity index (χ3n) is 2.88. The van der Waals surface area contributed by atoms with E-state index >= 15 is 0 Å². The summed E-state index contributed by atoms with van der Waals surface area (Å²) in [7, 11) is 1.67. The molecule has 20 heavy (non-hydrogen) atoms. The van der Waals surface area contributed by atoms with Crippen molar-refractivity contribution in [1.82, 2.24) is 5.32 Å². The lowest BCUT2D eigenvalue weighted by Crippen LogP contribution is -2.43. The first-order chi connectivity index (χ1) is 9.77. The van der Waals surface area contributed by atoms with E-state index in [1.807, 2.05) is 0 Å². The first kappa shape index (κ1) is 17.4. The second kappa shape index (κ2) is 11.0. The molecule has 1 unspecified atom stereocenters. The van der Waals surface area contributed by atoms with Crippen molar-refractivity contribution in [3.8, 4) is 0 Å². The molecule has 1 saturated carbocycles. The van der Waals surface area contributed by atoms with Crippen LogP contribution in [0.1, 0.15) is 26.2 Å². The number of nitrogens with one attached hydrogen (secondary N) is 1. The van der Waals surface area contributed by atoms with Crippen molar-refractivity contribution in [2.24, 2.45) is 0 Å². The van der Waals surface area contributed by atoms with Gasteiger partial charge in [0, 0.05) is 26.4 Å². The lowest BCUT2D eigenvalue weighted by Gasteiger charge is -2.17. The average Bonchev–Trinajstić information content (AvgIpc) is 3.24. The number of hydrogen-bond donors (Lipinski definition) is 1. The molecule has 0 heterocycles. The molecule has 0 saturated heterocycles. The van der Waals surface area contributed by atoms with Gasteiger partial charge in [0.1, 0.15) is 6.04 Å². The molecule has 1 aliphatic rings. The largest absolute Gasteiger partial charge is 0.465 e. The Balaban J connectivity index is 2.04. The van der Waals surface area contributed by atoms with E-state index in [9.17, 15) is 4.79 Å². The molecule has 0 aliphatic heterocycles. The maximum Gasteiger partial charge on any atom is 0.325 e. The van der Waals surface area contributed by atoms with Crippen molar-refractivity contribution in [3.63, 3.8) is 0 Å². The van der Waals surface area contributed by atoms with Crippen molar-refractivity contribution in [2.75, 3.05) is 46.8 Å². The standard InChI is InChI=1S/C14H27NO5/c1-3-20-14(16)13(15-12-5-6-12)11-19-10-9-18-8-4-7-17-2/h12-13,15H,3-11H2,1-2H3. The summed E-state index contributed by atoms with van der Waals surface area (Å²) < 4.78 is 20.8. The van der Waals surface area contributed by atoms with Gasteiger partial charge in [-0.05, 0) is 26.2 Å². The van der Waals surface area contributed by atoms with E-state index in [-0.39, 0.29) is 12.0 Å². The molecule has 0 amide bonds. The molecule has 0 aromatic rings. The molecule has 6 heteroatoms. The first-order valence-electron chi connectivity index (χ1n) is 7.35. The van der Waals surface area contributed by atoms with Gasteiger partial charge >= 0.3 is 5.97 Å². The zero-order valence-corrected chi connectivity index (χ0v) is 12.6. The molecule has 1 atom stereocenters. The molecule has 0 radical (unpaired) electrons. The van der Waals surface area contributed by atoms with Crippen LogP contribution in [0.5, 0.6) is 0 Å². The van der Waals surface area contributed by atoms with Crippen molar-refractivity contribution in [2.45, 2.75) is 38.3 Å². The van der Waals surface area contributed by atoms with Crippen LogP contribution in [-0.4, -0.2) is 64.8 Å². The van der Waals surface area contributed by atoms with E-state index in [1.165, 1.54) is 0 Å². The smallest absolute Gasteiger partial charge is 0.325 e. The van der Waals surface area contributed by atoms with Gasteiger partial charge in [-0.3, -0.25) is 10.1 Å². The highest BCUT2D eigenvalue weighted by Gasteiger charge is 2.29. The normalized spacial score (nSPS) is 16.1. The van der Waals surface area contributed by atoms with Gasteiger partial charge in [-0.15, -0.1) is 0 Å². The van der Waals surface area contributed by atoms with Crippen LogP contribution < -0.4 is 5.32 Å². The van der Waals surface area contributed by atoms with Gasteiger partial charge in [0.15, 0.2) is 0 Å². The highest BCUT2D eigenvalue weighted by atomic mass is 16.5. The Kier molecular flexibility index (Phi) is 9.57. The van der Waals surface area contributed by atoms with Gasteiger partial charge in [0.05, 0.1) is 26.4 Å². The van der Waals surface area contributed by atoms with Crippen molar-refractivity contribution < 1.29 is 23.7 Å². The van der Waals surface area contributed by atoms with Crippen LogP contribution in [0.3, 0.4) is 0 Å². The second-order valence-electron chi connectivity index (χ2n) is 4.78. The minimum Gasteiger partial charge on any atom is -0.465 e. The number of esters is 1. The van der Waals surface area contributed by atoms with E-state index in [2.05, 4.69) is 5.32 Å². The van der Waals surface area contributed by atoms with Gasteiger partial charge in [-0.25, -0.2) is 0 Å². The summed E-state index contributed by atoms with van der Waals surface area (Å²) >= 11 is 0. The summed E-state index contributed by atoms with van der Waals surface area (Å²) in [4.78, 5) is 11.7. The predicted octanol–water partition coefficient (Wildman–Crippen LogP) is 0.740. The summed E-state index contributed by atoms with van der Waals surface area (Å²) in [5.41, 5.74) is 0. The number of methoxy groups -OCH3 is 1. The monoisotopic (exact) mass is 289 g/mol. The number of carbonyl (C=O) groups excluding carboxylic acids is 1. The van der Waals surface area contributed by atoms with Crippen LogP contribution in [0.2, 0.25) is 0 Å².